The molecule has 0 radical (unpaired) electrons. The van der Waals surface area contributed by atoms with Crippen LogP contribution in [-0.2, 0) is 14.3 Å². The zero-order valence-electron chi connectivity index (χ0n) is 5.50. The first-order chi connectivity index (χ1) is 4.79. The Kier molecular flexibility index (Phi) is 2.20. The normalized spacial score (nSPS) is 19.6. The third-order valence-electron chi connectivity index (χ3n) is 1.19. The maximum atomic E-state index is 10.6. The first-order valence-electron chi connectivity index (χ1n) is 3.17. The predicted octanol–water partition coefficient (Wildman–Crippen LogP) is 0.796. The van der Waals surface area contributed by atoms with Crippen LogP contribution < -0.4 is 0 Å². The molecule has 1 heterocycles. The van der Waals surface area contributed by atoms with Crippen LogP contribution in [-0.4, -0.2) is 11.9 Å². The topological polar surface area (TPSA) is 43.4 Å². The smallest absolute Gasteiger partial charge is 0.317 e. The maximum Gasteiger partial charge on any atom is 0.317 e. The standard InChI is InChI=1S/C7H8O3/c8-6-4-2-1-3-5-7(9)10-6/h1-2H,3-5H2. The van der Waals surface area contributed by atoms with Crippen LogP contribution in [0.25, 0.3) is 0 Å². The Balaban J connectivity index is 2.55. The van der Waals surface area contributed by atoms with Crippen molar-refractivity contribution >= 4 is 11.9 Å². The second-order valence-corrected chi connectivity index (χ2v) is 2.06. The maximum absolute atomic E-state index is 10.6. The third kappa shape index (κ3) is 2.01. The van der Waals surface area contributed by atoms with Crippen LogP contribution in [0, 0.1) is 0 Å². The van der Waals surface area contributed by atoms with Crippen LogP contribution in [0.4, 0.5) is 0 Å². The van der Waals surface area contributed by atoms with Crippen molar-refractivity contribution in [3.05, 3.63) is 12.2 Å². The summed E-state index contributed by atoms with van der Waals surface area (Å²) in [6.45, 7) is 0. The summed E-state index contributed by atoms with van der Waals surface area (Å²) in [7, 11) is 0. The lowest BCUT2D eigenvalue weighted by molar-refractivity contribution is -0.159. The fraction of sp³-hybridized carbons (Fsp3) is 0.429. The van der Waals surface area contributed by atoms with E-state index in [1.807, 2.05) is 6.08 Å². The van der Waals surface area contributed by atoms with Crippen molar-refractivity contribution in [1.82, 2.24) is 0 Å². The monoisotopic (exact) mass is 140 g/mol. The molecule has 10 heavy (non-hydrogen) atoms. The van der Waals surface area contributed by atoms with E-state index in [0.29, 0.717) is 12.8 Å². The summed E-state index contributed by atoms with van der Waals surface area (Å²) in [6.07, 6.45) is 4.73. The first kappa shape index (κ1) is 6.99. The summed E-state index contributed by atoms with van der Waals surface area (Å²) in [5.74, 6) is -0.879. The van der Waals surface area contributed by atoms with Gasteiger partial charge in [-0.25, -0.2) is 0 Å². The summed E-state index contributed by atoms with van der Waals surface area (Å²) in [6, 6.07) is 0. The van der Waals surface area contributed by atoms with Gasteiger partial charge in [-0.1, -0.05) is 12.2 Å². The second kappa shape index (κ2) is 3.15. The van der Waals surface area contributed by atoms with Crippen LogP contribution in [0.15, 0.2) is 12.2 Å². The Morgan fingerprint density at radius 3 is 2.80 bits per heavy atom. The van der Waals surface area contributed by atoms with Gasteiger partial charge in [-0.05, 0) is 6.42 Å². The van der Waals surface area contributed by atoms with Gasteiger partial charge in [0.25, 0.3) is 0 Å². The summed E-state index contributed by atoms with van der Waals surface area (Å²) in [4.78, 5) is 21.1. The molecular formula is C7H8O3. The average molecular weight is 140 g/mol. The van der Waals surface area contributed by atoms with Crippen molar-refractivity contribution < 1.29 is 14.3 Å². The number of esters is 2. The highest BCUT2D eigenvalue weighted by Crippen LogP contribution is 2.01. The number of carbonyl (C=O) groups is 2. The van der Waals surface area contributed by atoms with E-state index in [2.05, 4.69) is 4.74 Å². The van der Waals surface area contributed by atoms with Gasteiger partial charge in [-0.15, -0.1) is 0 Å². The summed E-state index contributed by atoms with van der Waals surface area (Å²) in [5, 5.41) is 0. The molecule has 0 saturated heterocycles. The van der Waals surface area contributed by atoms with Crippen LogP contribution in [0.2, 0.25) is 0 Å². The van der Waals surface area contributed by atoms with Crippen molar-refractivity contribution in [1.29, 1.82) is 0 Å². The molecule has 3 heteroatoms. The Morgan fingerprint density at radius 2 is 2.00 bits per heavy atom. The van der Waals surface area contributed by atoms with Gasteiger partial charge < -0.3 is 4.74 Å². The summed E-state index contributed by atoms with van der Waals surface area (Å²) < 4.78 is 4.36. The molecule has 0 atom stereocenters. The Morgan fingerprint density at radius 1 is 1.20 bits per heavy atom. The molecular weight excluding hydrogens is 132 g/mol. The van der Waals surface area contributed by atoms with Crippen molar-refractivity contribution in [2.75, 3.05) is 0 Å². The largest absolute Gasteiger partial charge is 0.393 e. The zero-order chi connectivity index (χ0) is 7.40. The molecule has 3 nitrogen and oxygen atoms in total. The van der Waals surface area contributed by atoms with Crippen LogP contribution in [0.5, 0.6) is 0 Å². The second-order valence-electron chi connectivity index (χ2n) is 2.06. The van der Waals surface area contributed by atoms with Crippen molar-refractivity contribution in [2.45, 2.75) is 19.3 Å². The van der Waals surface area contributed by atoms with Gasteiger partial charge in [0.2, 0.25) is 0 Å². The minimum atomic E-state index is -0.457. The summed E-state index contributed by atoms with van der Waals surface area (Å²) >= 11 is 0. The van der Waals surface area contributed by atoms with Crippen LogP contribution in [0.1, 0.15) is 19.3 Å². The van der Waals surface area contributed by atoms with E-state index in [4.69, 9.17) is 0 Å². The number of ether oxygens (including phenoxy) is 1. The molecule has 0 N–H and O–H groups in total. The molecule has 0 saturated carbocycles. The molecule has 1 aliphatic rings. The molecule has 0 aromatic rings. The zero-order valence-corrected chi connectivity index (χ0v) is 5.50. The van der Waals surface area contributed by atoms with Gasteiger partial charge in [0.05, 0.1) is 6.42 Å². The van der Waals surface area contributed by atoms with Gasteiger partial charge >= 0.3 is 11.9 Å². The van der Waals surface area contributed by atoms with E-state index in [1.54, 1.807) is 6.08 Å². The van der Waals surface area contributed by atoms with Gasteiger partial charge in [-0.2, -0.15) is 0 Å². The highest BCUT2D eigenvalue weighted by atomic mass is 16.6. The van der Waals surface area contributed by atoms with Crippen molar-refractivity contribution in [3.63, 3.8) is 0 Å². The van der Waals surface area contributed by atoms with E-state index >= 15 is 0 Å². The summed E-state index contributed by atoms with van der Waals surface area (Å²) in [5.41, 5.74) is 0. The highest BCUT2D eigenvalue weighted by molar-refractivity contribution is 5.86. The van der Waals surface area contributed by atoms with Gasteiger partial charge in [0.15, 0.2) is 0 Å². The number of rotatable bonds is 0. The van der Waals surface area contributed by atoms with Gasteiger partial charge in [0, 0.05) is 6.42 Å². The van der Waals surface area contributed by atoms with Gasteiger partial charge in [-0.3, -0.25) is 9.59 Å². The molecule has 0 bridgehead atoms. The molecule has 0 fully saturated rings. The number of carbonyl (C=O) groups excluding carboxylic acids is 2. The number of allylic oxidation sites excluding steroid dienone is 1. The quantitative estimate of drug-likeness (QED) is 0.284. The van der Waals surface area contributed by atoms with Gasteiger partial charge in [0.1, 0.15) is 0 Å². The molecule has 0 spiro atoms. The van der Waals surface area contributed by atoms with E-state index < -0.39 is 11.9 Å². The lowest BCUT2D eigenvalue weighted by Gasteiger charge is -2.01. The van der Waals surface area contributed by atoms with E-state index in [-0.39, 0.29) is 6.42 Å². The fourth-order valence-electron chi connectivity index (χ4n) is 0.718. The van der Waals surface area contributed by atoms with E-state index in [0.717, 1.165) is 0 Å². The Hall–Kier alpha value is -1.12. The lowest BCUT2D eigenvalue weighted by Crippen LogP contribution is -2.12. The van der Waals surface area contributed by atoms with E-state index in [1.165, 1.54) is 0 Å². The first-order valence-corrected chi connectivity index (χ1v) is 3.17. The minimum Gasteiger partial charge on any atom is -0.393 e. The molecule has 0 aliphatic carbocycles. The number of cyclic esters (lactones) is 2. The van der Waals surface area contributed by atoms with Crippen LogP contribution >= 0.6 is 0 Å². The third-order valence-corrected chi connectivity index (χ3v) is 1.19. The number of hydrogen-bond donors (Lipinski definition) is 0. The van der Waals surface area contributed by atoms with Crippen LogP contribution in [0.3, 0.4) is 0 Å². The molecule has 0 aromatic carbocycles. The van der Waals surface area contributed by atoms with Crippen molar-refractivity contribution in [2.24, 2.45) is 0 Å². The SMILES string of the molecule is O=C1CC=CCCC(=O)O1. The molecule has 54 valence electrons. The fourth-order valence-corrected chi connectivity index (χ4v) is 0.718. The molecule has 0 unspecified atom stereocenters. The Labute approximate surface area is 58.7 Å². The number of hydrogen-bond acceptors (Lipinski definition) is 3. The molecule has 0 amide bonds. The molecule has 1 aliphatic heterocycles. The predicted molar refractivity (Wildman–Crippen MR) is 34.1 cm³/mol. The molecule has 0 aromatic heterocycles. The van der Waals surface area contributed by atoms with Crippen molar-refractivity contribution in [3.8, 4) is 0 Å². The molecule has 1 rings (SSSR count). The van der Waals surface area contributed by atoms with E-state index in [9.17, 15) is 9.59 Å². The average Bonchev–Trinajstić information content (AvgIpc) is 1.83. The lowest BCUT2D eigenvalue weighted by atomic mass is 10.2. The highest BCUT2D eigenvalue weighted by Gasteiger charge is 2.09. The Bertz CT molecular complexity index is 181. The minimum absolute atomic E-state index is 0.214.